The van der Waals surface area contributed by atoms with Gasteiger partial charge in [-0.3, -0.25) is 14.5 Å². The molecule has 1 aliphatic heterocycles. The van der Waals surface area contributed by atoms with E-state index >= 15 is 0 Å². The molecule has 2 heterocycles. The highest BCUT2D eigenvalue weighted by atomic mass is 35.5. The maximum Gasteiger partial charge on any atom is 0.296 e. The summed E-state index contributed by atoms with van der Waals surface area (Å²) < 4.78 is 4.93. The van der Waals surface area contributed by atoms with Gasteiger partial charge in [-0.15, -0.1) is 0 Å². The summed E-state index contributed by atoms with van der Waals surface area (Å²) in [5.41, 5.74) is 0. The fraction of sp³-hybridized carbons (Fsp3) is 0.200. The number of imide groups is 1. The summed E-state index contributed by atoms with van der Waals surface area (Å²) in [4.78, 5) is 24.4. The van der Waals surface area contributed by atoms with Gasteiger partial charge >= 0.3 is 0 Å². The molecule has 0 bridgehead atoms. The van der Waals surface area contributed by atoms with Gasteiger partial charge in [0.15, 0.2) is 5.76 Å². The highest BCUT2D eigenvalue weighted by Gasteiger charge is 2.28. The van der Waals surface area contributed by atoms with Crippen molar-refractivity contribution in [1.29, 1.82) is 0 Å². The van der Waals surface area contributed by atoms with Gasteiger partial charge in [-0.1, -0.05) is 17.7 Å². The Hall–Kier alpha value is -1.55. The van der Waals surface area contributed by atoms with Gasteiger partial charge < -0.3 is 4.42 Å². The smallest absolute Gasteiger partial charge is 0.296 e. The van der Waals surface area contributed by atoms with Crippen LogP contribution in [0.1, 0.15) is 17.0 Å². The van der Waals surface area contributed by atoms with Gasteiger partial charge in [0.05, 0.1) is 6.26 Å². The second-order valence-corrected chi connectivity index (χ2v) is 3.49. The minimum Gasteiger partial charge on any atom is -0.459 e. The molecule has 5 heteroatoms. The third-order valence-corrected chi connectivity index (χ3v) is 2.42. The number of hydrogen-bond acceptors (Lipinski definition) is 3. The molecule has 0 N–H and O–H groups in total. The molecule has 2 amide bonds. The molecule has 1 aromatic heterocycles. The third-order valence-electron chi connectivity index (χ3n) is 2.10. The molecule has 0 spiro atoms. The van der Waals surface area contributed by atoms with Gasteiger partial charge in [0.2, 0.25) is 0 Å². The lowest BCUT2D eigenvalue weighted by molar-refractivity contribution is -0.124. The van der Waals surface area contributed by atoms with Gasteiger partial charge in [0.1, 0.15) is 5.03 Å². The van der Waals surface area contributed by atoms with E-state index in [0.29, 0.717) is 13.0 Å². The molecule has 1 aromatic rings. The molecule has 0 atom stereocenters. The molecule has 15 heavy (non-hydrogen) atoms. The number of furan rings is 1. The molecule has 0 saturated heterocycles. The summed E-state index contributed by atoms with van der Waals surface area (Å²) in [6, 6.07) is 3.11. The van der Waals surface area contributed by atoms with Gasteiger partial charge in [-0.2, -0.15) is 0 Å². The van der Waals surface area contributed by atoms with Gasteiger partial charge in [-0.25, -0.2) is 0 Å². The first-order valence-corrected chi connectivity index (χ1v) is 4.83. The van der Waals surface area contributed by atoms with Crippen LogP contribution in [0.15, 0.2) is 33.9 Å². The Labute approximate surface area is 91.1 Å². The Bertz CT molecular complexity index is 422. The van der Waals surface area contributed by atoms with Crippen LogP contribution in [-0.4, -0.2) is 23.3 Å². The number of halogens is 1. The fourth-order valence-corrected chi connectivity index (χ4v) is 1.58. The number of rotatable bonds is 1. The summed E-state index contributed by atoms with van der Waals surface area (Å²) in [7, 11) is 0. The summed E-state index contributed by atoms with van der Waals surface area (Å²) in [5.74, 6) is -0.768. The highest BCUT2D eigenvalue weighted by molar-refractivity contribution is 6.43. The minimum absolute atomic E-state index is 0.0844. The SMILES string of the molecule is O=C1C(Cl)=CCCN1C(=O)c1ccco1. The van der Waals surface area contributed by atoms with Crippen molar-refractivity contribution in [2.24, 2.45) is 0 Å². The highest BCUT2D eigenvalue weighted by Crippen LogP contribution is 2.17. The number of carbonyl (C=O) groups excluding carboxylic acids is 2. The van der Waals surface area contributed by atoms with E-state index in [1.54, 1.807) is 12.1 Å². The quantitative estimate of drug-likeness (QED) is 0.685. The Balaban J connectivity index is 2.22. The van der Waals surface area contributed by atoms with Gasteiger partial charge in [0, 0.05) is 6.54 Å². The van der Waals surface area contributed by atoms with Crippen LogP contribution in [0.2, 0.25) is 0 Å². The maximum atomic E-state index is 11.7. The topological polar surface area (TPSA) is 50.5 Å². The largest absolute Gasteiger partial charge is 0.459 e. The van der Waals surface area contributed by atoms with Crippen LogP contribution < -0.4 is 0 Å². The number of nitrogens with zero attached hydrogens (tertiary/aromatic N) is 1. The first-order chi connectivity index (χ1) is 7.20. The van der Waals surface area contributed by atoms with Crippen LogP contribution in [0, 0.1) is 0 Å². The molecule has 1 aliphatic rings. The predicted octanol–water partition coefficient (Wildman–Crippen LogP) is 1.77. The number of carbonyl (C=O) groups is 2. The van der Waals surface area contributed by atoms with E-state index in [0.717, 1.165) is 4.90 Å². The Morgan fingerprint density at radius 3 is 3.00 bits per heavy atom. The third kappa shape index (κ3) is 1.80. The zero-order valence-corrected chi connectivity index (χ0v) is 8.53. The zero-order valence-electron chi connectivity index (χ0n) is 7.77. The second kappa shape index (κ2) is 3.90. The normalized spacial score (nSPS) is 16.5. The first-order valence-electron chi connectivity index (χ1n) is 4.45. The van der Waals surface area contributed by atoms with Crippen molar-refractivity contribution in [1.82, 2.24) is 4.90 Å². The maximum absolute atomic E-state index is 11.7. The van der Waals surface area contributed by atoms with E-state index in [-0.39, 0.29) is 10.8 Å². The summed E-state index contributed by atoms with van der Waals surface area (Å²) in [6.07, 6.45) is 3.58. The summed E-state index contributed by atoms with van der Waals surface area (Å²) in [6.45, 7) is 0.342. The lowest BCUT2D eigenvalue weighted by Gasteiger charge is -2.21. The van der Waals surface area contributed by atoms with Crippen molar-refractivity contribution in [3.05, 3.63) is 35.3 Å². The summed E-state index contributed by atoms with van der Waals surface area (Å²) >= 11 is 5.65. The van der Waals surface area contributed by atoms with Crippen LogP contribution in [0.25, 0.3) is 0 Å². The first kappa shape index (κ1) is 9.98. The van der Waals surface area contributed by atoms with Crippen molar-refractivity contribution in [2.75, 3.05) is 6.54 Å². The van der Waals surface area contributed by atoms with Crippen molar-refractivity contribution in [3.63, 3.8) is 0 Å². The molecule has 0 saturated carbocycles. The van der Waals surface area contributed by atoms with Gasteiger partial charge in [-0.05, 0) is 18.6 Å². The van der Waals surface area contributed by atoms with Crippen LogP contribution in [-0.2, 0) is 4.79 Å². The standard InChI is InChI=1S/C10H8ClNO3/c11-7-3-1-5-12(9(7)13)10(14)8-4-2-6-15-8/h2-4,6H,1,5H2. The fourth-order valence-electron chi connectivity index (χ4n) is 1.37. The lowest BCUT2D eigenvalue weighted by Crippen LogP contribution is -2.39. The van der Waals surface area contributed by atoms with E-state index in [4.69, 9.17) is 16.0 Å². The second-order valence-electron chi connectivity index (χ2n) is 3.08. The average molecular weight is 226 g/mol. The molecule has 78 valence electrons. The molecule has 0 aromatic carbocycles. The molecule has 0 radical (unpaired) electrons. The average Bonchev–Trinajstić information content (AvgIpc) is 2.74. The van der Waals surface area contributed by atoms with Crippen molar-refractivity contribution in [3.8, 4) is 0 Å². The van der Waals surface area contributed by atoms with Crippen LogP contribution in [0.4, 0.5) is 0 Å². The van der Waals surface area contributed by atoms with E-state index in [2.05, 4.69) is 0 Å². The van der Waals surface area contributed by atoms with E-state index in [9.17, 15) is 9.59 Å². The molecular weight excluding hydrogens is 218 g/mol. The monoisotopic (exact) mass is 225 g/mol. The number of hydrogen-bond donors (Lipinski definition) is 0. The summed E-state index contributed by atoms with van der Waals surface area (Å²) in [5, 5.41) is 0.0844. The zero-order chi connectivity index (χ0) is 10.8. The van der Waals surface area contributed by atoms with Crippen LogP contribution in [0.3, 0.4) is 0 Å². The molecule has 0 fully saturated rings. The Morgan fingerprint density at radius 1 is 1.53 bits per heavy atom. The molecule has 0 unspecified atom stereocenters. The lowest BCUT2D eigenvalue weighted by atomic mass is 10.2. The van der Waals surface area contributed by atoms with Crippen molar-refractivity contribution in [2.45, 2.75) is 6.42 Å². The number of amides is 2. The van der Waals surface area contributed by atoms with E-state index in [1.165, 1.54) is 12.3 Å². The minimum atomic E-state index is -0.468. The molecule has 2 rings (SSSR count). The Morgan fingerprint density at radius 2 is 2.33 bits per heavy atom. The van der Waals surface area contributed by atoms with Crippen LogP contribution >= 0.6 is 11.6 Å². The van der Waals surface area contributed by atoms with Gasteiger partial charge in [0.25, 0.3) is 11.8 Å². The molecule has 4 nitrogen and oxygen atoms in total. The van der Waals surface area contributed by atoms with Crippen molar-refractivity contribution >= 4 is 23.4 Å². The van der Waals surface area contributed by atoms with E-state index in [1.807, 2.05) is 0 Å². The van der Waals surface area contributed by atoms with E-state index < -0.39 is 11.8 Å². The van der Waals surface area contributed by atoms with Crippen molar-refractivity contribution < 1.29 is 14.0 Å². The van der Waals surface area contributed by atoms with Crippen LogP contribution in [0.5, 0.6) is 0 Å². The predicted molar refractivity (Wildman–Crippen MR) is 53.3 cm³/mol. The molecular formula is C10H8ClNO3. The molecule has 0 aliphatic carbocycles. The Kier molecular flexibility index (Phi) is 2.60.